The highest BCUT2D eigenvalue weighted by atomic mass is 19.1. The van der Waals surface area contributed by atoms with Crippen LogP contribution in [0.2, 0.25) is 0 Å². The Labute approximate surface area is 118 Å². The van der Waals surface area contributed by atoms with Crippen LogP contribution in [0.3, 0.4) is 0 Å². The minimum Gasteiger partial charge on any atom is -0.339 e. The second-order valence-electron chi connectivity index (χ2n) is 5.32. The quantitative estimate of drug-likeness (QED) is 0.923. The van der Waals surface area contributed by atoms with Gasteiger partial charge in [0, 0.05) is 18.5 Å². The predicted molar refractivity (Wildman–Crippen MR) is 73.1 cm³/mol. The monoisotopic (exact) mass is 282 g/mol. The van der Waals surface area contributed by atoms with Crippen molar-refractivity contribution >= 4 is 5.91 Å². The zero-order valence-electron chi connectivity index (χ0n) is 11.8. The third-order valence-corrected chi connectivity index (χ3v) is 4.03. The van der Waals surface area contributed by atoms with Crippen LogP contribution in [0.25, 0.3) is 0 Å². The standard InChI is InChI=1S/C15H20F2N2O/c1-10(13-9-12(16)3-4-14(13)17)19(2)15(20)11-5-7-18-8-6-11/h3-4,9-11,18H,5-8H2,1-2H3/t10-/m1/s1. The molecule has 1 aromatic rings. The SMILES string of the molecule is C[C@H](c1cc(F)ccc1F)N(C)C(=O)C1CCNCC1. The molecule has 1 aliphatic rings. The maximum atomic E-state index is 13.8. The molecule has 1 aliphatic heterocycles. The number of nitrogens with one attached hydrogen (secondary N) is 1. The van der Waals surface area contributed by atoms with E-state index in [0.29, 0.717) is 0 Å². The molecule has 20 heavy (non-hydrogen) atoms. The van der Waals surface area contributed by atoms with Crippen LogP contribution in [-0.2, 0) is 4.79 Å². The first kappa shape index (κ1) is 14.9. The molecular weight excluding hydrogens is 262 g/mol. The summed E-state index contributed by atoms with van der Waals surface area (Å²) in [6.45, 7) is 3.37. The van der Waals surface area contributed by atoms with Crippen molar-refractivity contribution in [1.29, 1.82) is 0 Å². The molecule has 1 fully saturated rings. The Morgan fingerprint density at radius 3 is 2.65 bits per heavy atom. The Morgan fingerprint density at radius 1 is 1.35 bits per heavy atom. The summed E-state index contributed by atoms with van der Waals surface area (Å²) in [7, 11) is 1.65. The molecule has 5 heteroatoms. The number of benzene rings is 1. The van der Waals surface area contributed by atoms with Gasteiger partial charge in [0.15, 0.2) is 0 Å². The molecule has 1 saturated heterocycles. The van der Waals surface area contributed by atoms with Crippen LogP contribution >= 0.6 is 0 Å². The topological polar surface area (TPSA) is 32.3 Å². The van der Waals surface area contributed by atoms with Crippen molar-refractivity contribution in [3.05, 3.63) is 35.4 Å². The molecule has 0 bridgehead atoms. The number of hydrogen-bond donors (Lipinski definition) is 1. The lowest BCUT2D eigenvalue weighted by atomic mass is 9.95. The predicted octanol–water partition coefficient (Wildman–Crippen LogP) is 2.48. The number of hydrogen-bond acceptors (Lipinski definition) is 2. The fraction of sp³-hybridized carbons (Fsp3) is 0.533. The second-order valence-corrected chi connectivity index (χ2v) is 5.32. The minimum absolute atomic E-state index is 0.00246. The number of rotatable bonds is 3. The van der Waals surface area contributed by atoms with Gasteiger partial charge in [0.05, 0.1) is 6.04 Å². The van der Waals surface area contributed by atoms with Crippen molar-refractivity contribution in [1.82, 2.24) is 10.2 Å². The summed E-state index contributed by atoms with van der Waals surface area (Å²) in [5, 5.41) is 3.21. The van der Waals surface area contributed by atoms with Crippen LogP contribution in [0.5, 0.6) is 0 Å². The van der Waals surface area contributed by atoms with Crippen molar-refractivity contribution in [3.63, 3.8) is 0 Å². The molecule has 0 aliphatic carbocycles. The Balaban J connectivity index is 2.12. The molecule has 1 amide bonds. The molecule has 0 saturated carbocycles. The van der Waals surface area contributed by atoms with E-state index in [-0.39, 0.29) is 17.4 Å². The lowest BCUT2D eigenvalue weighted by Gasteiger charge is -2.31. The van der Waals surface area contributed by atoms with E-state index >= 15 is 0 Å². The van der Waals surface area contributed by atoms with Gasteiger partial charge in [-0.05, 0) is 51.1 Å². The molecule has 1 atom stereocenters. The number of piperidine rings is 1. The van der Waals surface area contributed by atoms with Gasteiger partial charge in [-0.3, -0.25) is 4.79 Å². The number of nitrogens with zero attached hydrogens (tertiary/aromatic N) is 1. The smallest absolute Gasteiger partial charge is 0.226 e. The molecule has 110 valence electrons. The van der Waals surface area contributed by atoms with E-state index < -0.39 is 17.7 Å². The second kappa shape index (κ2) is 6.31. The van der Waals surface area contributed by atoms with Gasteiger partial charge in [0.25, 0.3) is 0 Å². The number of carbonyl (C=O) groups excluding carboxylic acids is 1. The average Bonchev–Trinajstić information content (AvgIpc) is 2.48. The van der Waals surface area contributed by atoms with E-state index in [1.807, 2.05) is 0 Å². The first-order valence-electron chi connectivity index (χ1n) is 6.93. The zero-order valence-corrected chi connectivity index (χ0v) is 11.8. The van der Waals surface area contributed by atoms with E-state index in [4.69, 9.17) is 0 Å². The molecule has 1 heterocycles. The van der Waals surface area contributed by atoms with Gasteiger partial charge < -0.3 is 10.2 Å². The molecule has 3 nitrogen and oxygen atoms in total. The highest BCUT2D eigenvalue weighted by Gasteiger charge is 2.28. The van der Waals surface area contributed by atoms with Crippen molar-refractivity contribution < 1.29 is 13.6 Å². The van der Waals surface area contributed by atoms with E-state index in [1.165, 1.54) is 4.90 Å². The van der Waals surface area contributed by atoms with Crippen molar-refractivity contribution in [2.24, 2.45) is 5.92 Å². The molecule has 0 aromatic heterocycles. The first-order valence-corrected chi connectivity index (χ1v) is 6.93. The van der Waals surface area contributed by atoms with Crippen LogP contribution in [0.1, 0.15) is 31.4 Å². The molecule has 0 spiro atoms. The van der Waals surface area contributed by atoms with Gasteiger partial charge in [-0.1, -0.05) is 0 Å². The molecule has 1 N–H and O–H groups in total. The van der Waals surface area contributed by atoms with Gasteiger partial charge in [0.1, 0.15) is 11.6 Å². The highest BCUT2D eigenvalue weighted by Crippen LogP contribution is 2.25. The Kier molecular flexibility index (Phi) is 4.70. The largest absolute Gasteiger partial charge is 0.339 e. The fourth-order valence-corrected chi connectivity index (χ4v) is 2.59. The highest BCUT2D eigenvalue weighted by molar-refractivity contribution is 5.79. The average molecular weight is 282 g/mol. The van der Waals surface area contributed by atoms with Gasteiger partial charge in [-0.15, -0.1) is 0 Å². The summed E-state index contributed by atoms with van der Waals surface area (Å²) in [6.07, 6.45) is 1.59. The van der Waals surface area contributed by atoms with Gasteiger partial charge in [-0.25, -0.2) is 8.78 Å². The van der Waals surface area contributed by atoms with Gasteiger partial charge in [-0.2, -0.15) is 0 Å². The first-order chi connectivity index (χ1) is 9.50. The van der Waals surface area contributed by atoms with Crippen LogP contribution in [-0.4, -0.2) is 30.9 Å². The fourth-order valence-electron chi connectivity index (χ4n) is 2.59. The summed E-state index contributed by atoms with van der Waals surface area (Å²) < 4.78 is 27.0. The number of carbonyl (C=O) groups is 1. The van der Waals surface area contributed by atoms with Crippen molar-refractivity contribution in [2.45, 2.75) is 25.8 Å². The Morgan fingerprint density at radius 2 is 2.00 bits per heavy atom. The normalized spacial score (nSPS) is 17.8. The van der Waals surface area contributed by atoms with Crippen LogP contribution in [0.4, 0.5) is 8.78 Å². The zero-order chi connectivity index (χ0) is 14.7. The Bertz CT molecular complexity index is 487. The molecular formula is C15H20F2N2O. The summed E-state index contributed by atoms with van der Waals surface area (Å²) in [5.41, 5.74) is 0.217. The summed E-state index contributed by atoms with van der Waals surface area (Å²) in [4.78, 5) is 13.9. The van der Waals surface area contributed by atoms with Crippen molar-refractivity contribution in [3.8, 4) is 0 Å². The summed E-state index contributed by atoms with van der Waals surface area (Å²) in [6, 6.07) is 2.87. The third-order valence-electron chi connectivity index (χ3n) is 4.03. The number of amides is 1. The Hall–Kier alpha value is -1.49. The molecule has 0 radical (unpaired) electrons. The van der Waals surface area contributed by atoms with E-state index in [1.54, 1.807) is 14.0 Å². The third kappa shape index (κ3) is 3.15. The maximum Gasteiger partial charge on any atom is 0.226 e. The van der Waals surface area contributed by atoms with Gasteiger partial charge >= 0.3 is 0 Å². The van der Waals surface area contributed by atoms with Crippen molar-refractivity contribution in [2.75, 3.05) is 20.1 Å². The van der Waals surface area contributed by atoms with E-state index in [0.717, 1.165) is 44.1 Å². The molecule has 1 aromatic carbocycles. The van der Waals surface area contributed by atoms with Crippen LogP contribution in [0, 0.1) is 17.6 Å². The summed E-state index contributed by atoms with van der Waals surface area (Å²) >= 11 is 0. The molecule has 2 rings (SSSR count). The van der Waals surface area contributed by atoms with Crippen LogP contribution in [0.15, 0.2) is 18.2 Å². The summed E-state index contributed by atoms with van der Waals surface area (Å²) in [5.74, 6) is -0.997. The lowest BCUT2D eigenvalue weighted by molar-refractivity contribution is -0.137. The van der Waals surface area contributed by atoms with E-state index in [2.05, 4.69) is 5.32 Å². The van der Waals surface area contributed by atoms with E-state index in [9.17, 15) is 13.6 Å². The number of halogens is 2. The van der Waals surface area contributed by atoms with Gasteiger partial charge in [0.2, 0.25) is 5.91 Å². The maximum absolute atomic E-state index is 13.8. The molecule has 0 unspecified atom stereocenters. The van der Waals surface area contributed by atoms with Crippen LogP contribution < -0.4 is 5.32 Å². The lowest BCUT2D eigenvalue weighted by Crippen LogP contribution is -2.40. The minimum atomic E-state index is -0.490.